The Morgan fingerprint density at radius 2 is 1.51 bits per heavy atom. The quantitative estimate of drug-likeness (QED) is 0.159. The molecule has 0 fully saturated rings. The highest BCUT2D eigenvalue weighted by Crippen LogP contribution is 2.34. The van der Waals surface area contributed by atoms with E-state index in [9.17, 15) is 26.4 Å². The topological polar surface area (TPSA) is 150 Å². The van der Waals surface area contributed by atoms with E-state index in [4.69, 9.17) is 18.9 Å². The number of ether oxygens (including phenoxy) is 4. The van der Waals surface area contributed by atoms with E-state index in [0.717, 1.165) is 6.26 Å². The summed E-state index contributed by atoms with van der Waals surface area (Å²) in [7, 11) is -3.49. The summed E-state index contributed by atoms with van der Waals surface area (Å²) >= 11 is 0. The molecule has 0 aliphatic heterocycles. The van der Waals surface area contributed by atoms with Gasteiger partial charge in [-0.1, -0.05) is 12.1 Å². The molecule has 1 amide bonds. The van der Waals surface area contributed by atoms with Crippen LogP contribution in [0.3, 0.4) is 0 Å². The molecule has 0 aliphatic carbocycles. The molecular weight excluding hydrogens is 619 g/mol. The van der Waals surface area contributed by atoms with E-state index in [0.29, 0.717) is 62.8 Å². The zero-order valence-electron chi connectivity index (χ0n) is 24.9. The Labute approximate surface area is 259 Å². The van der Waals surface area contributed by atoms with Crippen LogP contribution < -0.4 is 16.0 Å². The van der Waals surface area contributed by atoms with Gasteiger partial charge in [0.15, 0.2) is 9.84 Å². The van der Waals surface area contributed by atoms with Crippen molar-refractivity contribution in [1.29, 1.82) is 0 Å². The lowest BCUT2D eigenvalue weighted by Crippen LogP contribution is -2.20. The number of anilines is 4. The van der Waals surface area contributed by atoms with Crippen LogP contribution in [0.1, 0.15) is 18.1 Å². The first-order valence-electron chi connectivity index (χ1n) is 13.9. The summed E-state index contributed by atoms with van der Waals surface area (Å²) in [5, 5.41) is 8.14. The first-order chi connectivity index (χ1) is 21.5. The lowest BCUT2D eigenvalue weighted by atomic mass is 10.2. The van der Waals surface area contributed by atoms with Gasteiger partial charge < -0.3 is 34.9 Å². The Morgan fingerprint density at radius 3 is 2.13 bits per heavy atom. The number of halogens is 3. The van der Waals surface area contributed by atoms with Gasteiger partial charge in [-0.25, -0.2) is 13.4 Å². The van der Waals surface area contributed by atoms with E-state index in [-0.39, 0.29) is 36.5 Å². The summed E-state index contributed by atoms with van der Waals surface area (Å²) in [6.07, 6.45) is -3.03. The molecule has 0 saturated carbocycles. The maximum Gasteiger partial charge on any atom is 0.421 e. The summed E-state index contributed by atoms with van der Waals surface area (Å²) in [6, 6.07) is 12.2. The summed E-state index contributed by atoms with van der Waals surface area (Å²) in [4.78, 5) is 20.0. The number of alkyl halides is 3. The molecule has 3 N–H and O–H groups in total. The molecule has 0 spiro atoms. The monoisotopic (exact) mass is 655 g/mol. The summed E-state index contributed by atoms with van der Waals surface area (Å²) < 4.78 is 85.7. The third kappa shape index (κ3) is 13.0. The SMILES string of the molecule is CCOCCOCCOCCOCC(=O)Nc1ccc(Nc2ncc(C(F)(F)F)c(NCc3cccc(S(C)(=O)=O)c3)n2)cc1. The predicted molar refractivity (Wildman–Crippen MR) is 161 cm³/mol. The largest absolute Gasteiger partial charge is 0.421 e. The second-order valence-electron chi connectivity index (χ2n) is 9.45. The van der Waals surface area contributed by atoms with Crippen LogP contribution in [0.4, 0.5) is 36.3 Å². The van der Waals surface area contributed by atoms with E-state index in [2.05, 4.69) is 25.9 Å². The molecule has 45 heavy (non-hydrogen) atoms. The Balaban J connectivity index is 1.48. The van der Waals surface area contributed by atoms with Gasteiger partial charge in [-0.3, -0.25) is 4.79 Å². The fourth-order valence-corrected chi connectivity index (χ4v) is 4.38. The number of hydrogen-bond acceptors (Lipinski definition) is 11. The Kier molecular flexibility index (Phi) is 13.9. The van der Waals surface area contributed by atoms with E-state index < -0.39 is 27.4 Å². The van der Waals surface area contributed by atoms with Gasteiger partial charge in [0.2, 0.25) is 11.9 Å². The van der Waals surface area contributed by atoms with Crippen LogP contribution in [0.2, 0.25) is 0 Å². The Hall–Kier alpha value is -3.83. The number of sulfone groups is 1. The third-order valence-electron chi connectivity index (χ3n) is 5.86. The molecule has 12 nitrogen and oxygen atoms in total. The average molecular weight is 656 g/mol. The van der Waals surface area contributed by atoms with Gasteiger partial charge in [0.05, 0.1) is 44.5 Å². The molecule has 3 rings (SSSR count). The number of benzene rings is 2. The van der Waals surface area contributed by atoms with Crippen LogP contribution in [-0.2, 0) is 46.3 Å². The van der Waals surface area contributed by atoms with E-state index in [1.165, 1.54) is 18.2 Å². The number of amides is 1. The van der Waals surface area contributed by atoms with E-state index >= 15 is 0 Å². The van der Waals surface area contributed by atoms with Crippen molar-refractivity contribution >= 4 is 38.9 Å². The molecule has 3 aromatic rings. The van der Waals surface area contributed by atoms with Crippen LogP contribution in [0, 0.1) is 0 Å². The smallest absolute Gasteiger partial charge is 0.379 e. The lowest BCUT2D eigenvalue weighted by Gasteiger charge is -2.15. The van der Waals surface area contributed by atoms with E-state index in [1.807, 2.05) is 6.92 Å². The van der Waals surface area contributed by atoms with Crippen molar-refractivity contribution in [2.45, 2.75) is 24.5 Å². The highest BCUT2D eigenvalue weighted by molar-refractivity contribution is 7.90. The minimum absolute atomic E-state index is 0.0476. The van der Waals surface area contributed by atoms with Crippen molar-refractivity contribution in [3.63, 3.8) is 0 Å². The number of nitrogens with zero attached hydrogens (tertiary/aromatic N) is 2. The van der Waals surface area contributed by atoms with Gasteiger partial charge in [0, 0.05) is 37.0 Å². The predicted octanol–water partition coefficient (Wildman–Crippen LogP) is 4.28. The molecular formula is C29H36F3N5O7S. The van der Waals surface area contributed by atoms with Gasteiger partial charge in [0.25, 0.3) is 0 Å². The van der Waals surface area contributed by atoms with Gasteiger partial charge in [-0.15, -0.1) is 0 Å². The third-order valence-corrected chi connectivity index (χ3v) is 6.97. The molecule has 246 valence electrons. The van der Waals surface area contributed by atoms with Crippen molar-refractivity contribution in [3.8, 4) is 0 Å². The zero-order chi connectivity index (χ0) is 32.7. The standard InChI is InChI=1S/C29H36F3N5O7S/c1-3-41-11-12-42-13-14-43-15-16-44-20-26(38)35-22-7-9-23(10-8-22)36-28-34-19-25(29(30,31)32)27(37-28)33-18-21-5-4-6-24(17-21)45(2,39)40/h4-10,17,19H,3,11-16,18,20H2,1-2H3,(H,35,38)(H2,33,34,36,37). The molecule has 2 aromatic carbocycles. The second kappa shape index (κ2) is 17.6. The molecule has 0 saturated heterocycles. The number of aromatic nitrogens is 2. The fraction of sp³-hybridized carbons (Fsp3) is 0.414. The van der Waals surface area contributed by atoms with Gasteiger partial charge in [-0.2, -0.15) is 18.2 Å². The summed E-state index contributed by atoms with van der Waals surface area (Å²) in [5.74, 6) is -0.969. The minimum atomic E-state index is -4.73. The van der Waals surface area contributed by atoms with Crippen molar-refractivity contribution in [1.82, 2.24) is 9.97 Å². The fourth-order valence-electron chi connectivity index (χ4n) is 3.69. The molecule has 0 unspecified atom stereocenters. The molecule has 0 atom stereocenters. The Bertz CT molecular complexity index is 1480. The van der Waals surface area contributed by atoms with Crippen molar-refractivity contribution in [2.75, 3.05) is 75.1 Å². The summed E-state index contributed by atoms with van der Waals surface area (Å²) in [6.45, 7) is 4.67. The van der Waals surface area contributed by atoms with Crippen molar-refractivity contribution < 1.29 is 45.3 Å². The van der Waals surface area contributed by atoms with E-state index in [1.54, 1.807) is 30.3 Å². The van der Waals surface area contributed by atoms with Crippen LogP contribution in [0.15, 0.2) is 59.6 Å². The van der Waals surface area contributed by atoms with Gasteiger partial charge in [-0.05, 0) is 48.9 Å². The van der Waals surface area contributed by atoms with Crippen LogP contribution in [0.5, 0.6) is 0 Å². The number of rotatable bonds is 19. The second-order valence-corrected chi connectivity index (χ2v) is 11.5. The van der Waals surface area contributed by atoms with Crippen LogP contribution >= 0.6 is 0 Å². The van der Waals surface area contributed by atoms with Gasteiger partial charge >= 0.3 is 6.18 Å². The highest BCUT2D eigenvalue weighted by Gasteiger charge is 2.35. The first-order valence-corrected chi connectivity index (χ1v) is 15.8. The number of nitrogens with one attached hydrogen (secondary N) is 3. The van der Waals surface area contributed by atoms with Crippen LogP contribution in [0.25, 0.3) is 0 Å². The molecule has 1 heterocycles. The highest BCUT2D eigenvalue weighted by atomic mass is 32.2. The number of hydrogen-bond donors (Lipinski definition) is 3. The molecule has 0 radical (unpaired) electrons. The average Bonchev–Trinajstić information content (AvgIpc) is 2.99. The number of carbonyl (C=O) groups excluding carboxylic acids is 1. The Morgan fingerprint density at radius 1 is 0.889 bits per heavy atom. The normalized spacial score (nSPS) is 11.8. The van der Waals surface area contributed by atoms with Crippen molar-refractivity contribution in [2.24, 2.45) is 0 Å². The molecule has 0 aliphatic rings. The first kappa shape index (κ1) is 35.6. The van der Waals surface area contributed by atoms with Gasteiger partial charge in [0.1, 0.15) is 18.0 Å². The summed E-state index contributed by atoms with van der Waals surface area (Å²) in [5.41, 5.74) is 0.295. The number of carbonyl (C=O) groups is 1. The molecule has 16 heteroatoms. The minimum Gasteiger partial charge on any atom is -0.379 e. The maximum atomic E-state index is 13.6. The molecule has 1 aromatic heterocycles. The zero-order valence-corrected chi connectivity index (χ0v) is 25.7. The van der Waals surface area contributed by atoms with Crippen LogP contribution in [-0.4, -0.2) is 83.4 Å². The van der Waals surface area contributed by atoms with Crippen molar-refractivity contribution in [3.05, 3.63) is 65.9 Å². The maximum absolute atomic E-state index is 13.6. The lowest BCUT2D eigenvalue weighted by molar-refractivity contribution is -0.137. The molecule has 0 bridgehead atoms.